The number of rotatable bonds is 2. The Morgan fingerprint density at radius 2 is 1.89 bits per heavy atom. The fourth-order valence-corrected chi connectivity index (χ4v) is 3.38. The van der Waals surface area contributed by atoms with Crippen molar-refractivity contribution in [2.45, 2.75) is 36.9 Å². The molecule has 0 saturated heterocycles. The summed E-state index contributed by atoms with van der Waals surface area (Å²) in [6.07, 6.45) is 0.611. The summed E-state index contributed by atoms with van der Waals surface area (Å²) >= 11 is 3.62. The number of hydrogen-bond acceptors (Lipinski definition) is 2. The normalized spacial score (nSPS) is 19.2. The standard InChI is InChI=1S/C13H16BrNO2S/c1-13(2,3)12(14)8-10-9-6-4-5-7-11(9)18(16,17)15-10/h4-7,12H,8H2,1-3H3. The molecule has 1 aromatic rings. The van der Waals surface area contributed by atoms with Gasteiger partial charge in [0.05, 0.1) is 10.6 Å². The van der Waals surface area contributed by atoms with Crippen LogP contribution >= 0.6 is 15.9 Å². The Morgan fingerprint density at radius 1 is 1.28 bits per heavy atom. The maximum Gasteiger partial charge on any atom is 0.283 e. The molecule has 0 bridgehead atoms. The van der Waals surface area contributed by atoms with Crippen molar-refractivity contribution in [1.29, 1.82) is 0 Å². The third-order valence-electron chi connectivity index (χ3n) is 3.02. The number of fused-ring (bicyclic) bond motifs is 1. The highest BCUT2D eigenvalue weighted by Gasteiger charge is 2.31. The monoisotopic (exact) mass is 329 g/mol. The molecule has 0 spiro atoms. The van der Waals surface area contributed by atoms with E-state index in [2.05, 4.69) is 41.1 Å². The molecule has 2 rings (SSSR count). The van der Waals surface area contributed by atoms with E-state index in [0.717, 1.165) is 5.56 Å². The molecule has 0 fully saturated rings. The second-order valence-electron chi connectivity index (χ2n) is 5.55. The van der Waals surface area contributed by atoms with Crippen molar-refractivity contribution in [2.24, 2.45) is 9.81 Å². The lowest BCUT2D eigenvalue weighted by Crippen LogP contribution is -2.23. The van der Waals surface area contributed by atoms with E-state index < -0.39 is 10.0 Å². The predicted octanol–water partition coefficient (Wildman–Crippen LogP) is 3.38. The van der Waals surface area contributed by atoms with Gasteiger partial charge >= 0.3 is 0 Å². The van der Waals surface area contributed by atoms with E-state index in [1.807, 2.05) is 12.1 Å². The Kier molecular flexibility index (Phi) is 3.40. The Labute approximate surface area is 117 Å². The molecule has 1 aliphatic heterocycles. The van der Waals surface area contributed by atoms with Crippen LogP contribution in [0, 0.1) is 5.41 Å². The molecule has 1 aliphatic rings. The van der Waals surface area contributed by atoms with Gasteiger partial charge in [0.25, 0.3) is 10.0 Å². The lowest BCUT2D eigenvalue weighted by Gasteiger charge is -2.25. The van der Waals surface area contributed by atoms with E-state index in [0.29, 0.717) is 17.0 Å². The smallest absolute Gasteiger partial charge is 0.199 e. The van der Waals surface area contributed by atoms with Crippen molar-refractivity contribution < 1.29 is 8.42 Å². The van der Waals surface area contributed by atoms with Gasteiger partial charge in [-0.25, -0.2) is 0 Å². The summed E-state index contributed by atoms with van der Waals surface area (Å²) in [7, 11) is -3.48. The fraction of sp³-hybridized carbons (Fsp3) is 0.462. The van der Waals surface area contributed by atoms with Gasteiger partial charge in [0.2, 0.25) is 0 Å². The van der Waals surface area contributed by atoms with E-state index in [1.165, 1.54) is 0 Å². The Hall–Kier alpha value is -0.680. The van der Waals surface area contributed by atoms with Crippen LogP contribution in [-0.2, 0) is 10.0 Å². The zero-order valence-corrected chi connectivity index (χ0v) is 13.0. The molecule has 18 heavy (non-hydrogen) atoms. The van der Waals surface area contributed by atoms with E-state index in [9.17, 15) is 8.42 Å². The molecule has 0 N–H and O–H groups in total. The third kappa shape index (κ3) is 2.52. The van der Waals surface area contributed by atoms with Crippen molar-refractivity contribution in [3.05, 3.63) is 29.8 Å². The largest absolute Gasteiger partial charge is 0.283 e. The molecule has 0 amide bonds. The van der Waals surface area contributed by atoms with E-state index in [1.54, 1.807) is 12.1 Å². The third-order valence-corrected chi connectivity index (χ3v) is 6.09. The number of alkyl halides is 1. The van der Waals surface area contributed by atoms with Gasteiger partial charge < -0.3 is 0 Å². The van der Waals surface area contributed by atoms with Gasteiger partial charge in [-0.15, -0.1) is 0 Å². The van der Waals surface area contributed by atoms with Crippen LogP contribution in [0.25, 0.3) is 0 Å². The molecular formula is C13H16BrNO2S. The van der Waals surface area contributed by atoms with Gasteiger partial charge in [0.1, 0.15) is 0 Å². The predicted molar refractivity (Wildman–Crippen MR) is 77.0 cm³/mol. The zero-order valence-electron chi connectivity index (χ0n) is 10.6. The maximum atomic E-state index is 11.9. The summed E-state index contributed by atoms with van der Waals surface area (Å²) in [5, 5.41) is 0. The lowest BCUT2D eigenvalue weighted by atomic mass is 9.88. The number of sulfonamides is 1. The Balaban J connectivity index is 2.38. The summed E-state index contributed by atoms with van der Waals surface area (Å²) in [4.78, 5) is 0.513. The summed E-state index contributed by atoms with van der Waals surface area (Å²) < 4.78 is 27.7. The molecule has 1 unspecified atom stereocenters. The number of hydrogen-bond donors (Lipinski definition) is 0. The topological polar surface area (TPSA) is 46.5 Å². The number of benzene rings is 1. The quantitative estimate of drug-likeness (QED) is 0.781. The zero-order chi connectivity index (χ0) is 13.6. The second kappa shape index (κ2) is 4.46. The highest BCUT2D eigenvalue weighted by atomic mass is 79.9. The van der Waals surface area contributed by atoms with Crippen molar-refractivity contribution in [3.8, 4) is 0 Å². The number of halogens is 1. The van der Waals surface area contributed by atoms with Crippen LogP contribution in [0.1, 0.15) is 32.8 Å². The van der Waals surface area contributed by atoms with Crippen LogP contribution in [0.2, 0.25) is 0 Å². The highest BCUT2D eigenvalue weighted by Crippen LogP contribution is 2.34. The van der Waals surface area contributed by atoms with Crippen LogP contribution in [0.15, 0.2) is 33.6 Å². The molecule has 0 radical (unpaired) electrons. The number of nitrogens with zero attached hydrogens (tertiary/aromatic N) is 1. The first-order valence-electron chi connectivity index (χ1n) is 5.79. The van der Waals surface area contributed by atoms with Crippen LogP contribution in [0.3, 0.4) is 0 Å². The van der Waals surface area contributed by atoms with E-state index in [4.69, 9.17) is 0 Å². The SMILES string of the molecule is CC(C)(C)C(Br)CC1=NS(=O)(=O)c2ccccc21. The average molecular weight is 330 g/mol. The lowest BCUT2D eigenvalue weighted by molar-refractivity contribution is 0.405. The molecule has 5 heteroatoms. The van der Waals surface area contributed by atoms with Crippen LogP contribution < -0.4 is 0 Å². The van der Waals surface area contributed by atoms with Gasteiger partial charge in [0.15, 0.2) is 0 Å². The maximum absolute atomic E-state index is 11.9. The van der Waals surface area contributed by atoms with Gasteiger partial charge in [0, 0.05) is 16.8 Å². The van der Waals surface area contributed by atoms with Crippen LogP contribution in [0.5, 0.6) is 0 Å². The molecule has 3 nitrogen and oxygen atoms in total. The fourth-order valence-electron chi connectivity index (χ4n) is 1.80. The van der Waals surface area contributed by atoms with Crippen LogP contribution in [-0.4, -0.2) is 19.0 Å². The molecule has 1 atom stereocenters. The molecule has 0 saturated carbocycles. The minimum absolute atomic E-state index is 0.0593. The Morgan fingerprint density at radius 3 is 2.50 bits per heavy atom. The van der Waals surface area contributed by atoms with Gasteiger partial charge in [-0.05, 0) is 11.5 Å². The summed E-state index contributed by atoms with van der Waals surface area (Å²) in [6, 6.07) is 7.00. The van der Waals surface area contributed by atoms with Crippen molar-refractivity contribution in [2.75, 3.05) is 0 Å². The van der Waals surface area contributed by atoms with Crippen molar-refractivity contribution in [1.82, 2.24) is 0 Å². The van der Waals surface area contributed by atoms with E-state index in [-0.39, 0.29) is 10.2 Å². The van der Waals surface area contributed by atoms with Gasteiger partial charge in [-0.1, -0.05) is 54.9 Å². The molecule has 0 aliphatic carbocycles. The van der Waals surface area contributed by atoms with Gasteiger partial charge in [-0.2, -0.15) is 12.8 Å². The van der Waals surface area contributed by atoms with Crippen molar-refractivity contribution >= 4 is 31.7 Å². The van der Waals surface area contributed by atoms with Crippen LogP contribution in [0.4, 0.5) is 0 Å². The minimum atomic E-state index is -3.48. The molecule has 1 heterocycles. The second-order valence-corrected chi connectivity index (χ2v) is 8.22. The molecular weight excluding hydrogens is 314 g/mol. The molecule has 1 aromatic carbocycles. The Bertz CT molecular complexity index is 600. The first kappa shape index (κ1) is 13.7. The first-order valence-corrected chi connectivity index (χ1v) is 8.15. The molecule has 0 aromatic heterocycles. The molecule has 98 valence electrons. The summed E-state index contributed by atoms with van der Waals surface area (Å²) in [6.45, 7) is 6.34. The first-order chi connectivity index (χ1) is 8.22. The minimum Gasteiger partial charge on any atom is -0.199 e. The van der Waals surface area contributed by atoms with Crippen molar-refractivity contribution in [3.63, 3.8) is 0 Å². The summed E-state index contributed by atoms with van der Waals surface area (Å²) in [5.41, 5.74) is 1.46. The summed E-state index contributed by atoms with van der Waals surface area (Å²) in [5.74, 6) is 0. The average Bonchev–Trinajstić information content (AvgIpc) is 2.50. The van der Waals surface area contributed by atoms with E-state index >= 15 is 0 Å². The van der Waals surface area contributed by atoms with Gasteiger partial charge in [-0.3, -0.25) is 0 Å². The highest BCUT2D eigenvalue weighted by molar-refractivity contribution is 9.09.